The minimum atomic E-state index is -0.0889. The summed E-state index contributed by atoms with van der Waals surface area (Å²) in [6.07, 6.45) is 3.35. The van der Waals surface area contributed by atoms with Crippen LogP contribution in [0.3, 0.4) is 0 Å². The Morgan fingerprint density at radius 2 is 1.82 bits per heavy atom. The largest absolute Gasteiger partial charge is 0.343 e. The Morgan fingerprint density at radius 1 is 1.12 bits per heavy atom. The SMILES string of the molecule is O=C(NCSc1ncccn1)c1ccccc1. The summed E-state index contributed by atoms with van der Waals surface area (Å²) in [7, 11) is 0. The molecule has 0 saturated carbocycles. The van der Waals surface area contributed by atoms with E-state index in [1.54, 1.807) is 30.6 Å². The van der Waals surface area contributed by atoms with Crippen LogP contribution in [0.2, 0.25) is 0 Å². The van der Waals surface area contributed by atoms with Crippen molar-refractivity contribution in [2.24, 2.45) is 0 Å². The second-order valence-electron chi connectivity index (χ2n) is 3.19. The third kappa shape index (κ3) is 3.57. The first-order valence-corrected chi connectivity index (χ1v) is 6.08. The molecule has 1 heterocycles. The molecule has 1 aromatic carbocycles. The van der Waals surface area contributed by atoms with Crippen LogP contribution in [0, 0.1) is 0 Å². The highest BCUT2D eigenvalue weighted by Gasteiger charge is 2.03. The van der Waals surface area contributed by atoms with Gasteiger partial charge in [-0.15, -0.1) is 0 Å². The number of aromatic nitrogens is 2. The van der Waals surface area contributed by atoms with Gasteiger partial charge in [-0.25, -0.2) is 9.97 Å². The lowest BCUT2D eigenvalue weighted by Crippen LogP contribution is -2.22. The van der Waals surface area contributed by atoms with Gasteiger partial charge in [-0.1, -0.05) is 30.0 Å². The van der Waals surface area contributed by atoms with Crippen molar-refractivity contribution in [3.05, 3.63) is 54.4 Å². The Morgan fingerprint density at radius 3 is 2.53 bits per heavy atom. The van der Waals surface area contributed by atoms with Crippen molar-refractivity contribution in [1.82, 2.24) is 15.3 Å². The van der Waals surface area contributed by atoms with Crippen LogP contribution in [0.15, 0.2) is 53.9 Å². The van der Waals surface area contributed by atoms with Crippen molar-refractivity contribution in [3.8, 4) is 0 Å². The predicted octanol–water partition coefficient (Wildman–Crippen LogP) is 1.96. The number of carbonyl (C=O) groups excluding carboxylic acids is 1. The van der Waals surface area contributed by atoms with Gasteiger partial charge in [0.25, 0.3) is 5.91 Å². The van der Waals surface area contributed by atoms with E-state index in [-0.39, 0.29) is 5.91 Å². The van der Waals surface area contributed by atoms with Gasteiger partial charge >= 0.3 is 0 Å². The summed E-state index contributed by atoms with van der Waals surface area (Å²) in [5.74, 6) is 0.367. The zero-order valence-corrected chi connectivity index (χ0v) is 9.85. The maximum absolute atomic E-state index is 11.7. The van der Waals surface area contributed by atoms with E-state index in [0.29, 0.717) is 16.6 Å². The molecule has 0 aliphatic heterocycles. The number of amides is 1. The molecule has 5 heteroatoms. The van der Waals surface area contributed by atoms with Crippen molar-refractivity contribution in [1.29, 1.82) is 0 Å². The number of nitrogens with zero attached hydrogens (tertiary/aromatic N) is 2. The Balaban J connectivity index is 1.82. The molecular formula is C12H11N3OS. The van der Waals surface area contributed by atoms with Gasteiger partial charge in [0.2, 0.25) is 0 Å². The summed E-state index contributed by atoms with van der Waals surface area (Å²) in [5, 5.41) is 3.45. The van der Waals surface area contributed by atoms with E-state index in [1.165, 1.54) is 11.8 Å². The zero-order valence-electron chi connectivity index (χ0n) is 9.04. The number of carbonyl (C=O) groups is 1. The maximum Gasteiger partial charge on any atom is 0.251 e. The van der Waals surface area contributed by atoms with Crippen molar-refractivity contribution in [3.63, 3.8) is 0 Å². The highest BCUT2D eigenvalue weighted by Crippen LogP contribution is 2.09. The van der Waals surface area contributed by atoms with Gasteiger partial charge in [-0.05, 0) is 18.2 Å². The van der Waals surface area contributed by atoms with Crippen molar-refractivity contribution in [2.45, 2.75) is 5.16 Å². The predicted molar refractivity (Wildman–Crippen MR) is 66.7 cm³/mol. The number of thioether (sulfide) groups is 1. The molecule has 86 valence electrons. The highest BCUT2D eigenvalue weighted by atomic mass is 32.2. The van der Waals surface area contributed by atoms with Crippen molar-refractivity contribution in [2.75, 3.05) is 5.88 Å². The van der Waals surface area contributed by atoms with E-state index in [9.17, 15) is 4.79 Å². The molecule has 1 aromatic heterocycles. The number of rotatable bonds is 4. The van der Waals surface area contributed by atoms with E-state index in [2.05, 4.69) is 15.3 Å². The lowest BCUT2D eigenvalue weighted by molar-refractivity contribution is 0.0961. The first-order valence-electron chi connectivity index (χ1n) is 5.09. The van der Waals surface area contributed by atoms with Gasteiger partial charge in [-0.2, -0.15) is 0 Å². The first-order chi connectivity index (χ1) is 8.36. The fourth-order valence-electron chi connectivity index (χ4n) is 1.22. The number of benzene rings is 1. The Bertz CT molecular complexity index is 476. The molecule has 0 bridgehead atoms. The Kier molecular flexibility index (Phi) is 4.10. The molecule has 0 unspecified atom stereocenters. The van der Waals surface area contributed by atoms with Crippen LogP contribution in [0.4, 0.5) is 0 Å². The molecule has 4 nitrogen and oxygen atoms in total. The fourth-order valence-corrected chi connectivity index (χ4v) is 1.82. The van der Waals surface area contributed by atoms with Crippen LogP contribution >= 0.6 is 11.8 Å². The van der Waals surface area contributed by atoms with Crippen molar-refractivity contribution < 1.29 is 4.79 Å². The summed E-state index contributed by atoms with van der Waals surface area (Å²) in [6, 6.07) is 10.9. The topological polar surface area (TPSA) is 54.9 Å². The fraction of sp³-hybridized carbons (Fsp3) is 0.0833. The minimum absolute atomic E-state index is 0.0889. The Labute approximate surface area is 103 Å². The van der Waals surface area contributed by atoms with E-state index in [4.69, 9.17) is 0 Å². The molecule has 0 radical (unpaired) electrons. The number of hydrogen-bond acceptors (Lipinski definition) is 4. The van der Waals surface area contributed by atoms with Gasteiger partial charge in [-0.3, -0.25) is 4.79 Å². The third-order valence-corrected chi connectivity index (χ3v) is 2.77. The molecule has 0 saturated heterocycles. The molecule has 2 aromatic rings. The molecular weight excluding hydrogens is 234 g/mol. The molecule has 0 fully saturated rings. The quantitative estimate of drug-likeness (QED) is 0.508. The van der Waals surface area contributed by atoms with Crippen LogP contribution in [0.25, 0.3) is 0 Å². The minimum Gasteiger partial charge on any atom is -0.343 e. The summed E-state index contributed by atoms with van der Waals surface area (Å²) in [5.41, 5.74) is 0.655. The second-order valence-corrected chi connectivity index (χ2v) is 4.13. The summed E-state index contributed by atoms with van der Waals surface area (Å²) in [4.78, 5) is 19.8. The maximum atomic E-state index is 11.7. The third-order valence-electron chi connectivity index (χ3n) is 2.01. The molecule has 0 aliphatic carbocycles. The van der Waals surface area contributed by atoms with Crippen LogP contribution < -0.4 is 5.32 Å². The second kappa shape index (κ2) is 6.00. The van der Waals surface area contributed by atoms with Gasteiger partial charge in [0.05, 0.1) is 5.88 Å². The van der Waals surface area contributed by atoms with Gasteiger partial charge < -0.3 is 5.32 Å². The highest BCUT2D eigenvalue weighted by molar-refractivity contribution is 7.99. The number of hydrogen-bond donors (Lipinski definition) is 1. The summed E-state index contributed by atoms with van der Waals surface area (Å²) in [6.45, 7) is 0. The average Bonchev–Trinajstić information content (AvgIpc) is 2.41. The lowest BCUT2D eigenvalue weighted by Gasteiger charge is -2.03. The van der Waals surface area contributed by atoms with Gasteiger partial charge in [0, 0.05) is 18.0 Å². The van der Waals surface area contributed by atoms with E-state index >= 15 is 0 Å². The molecule has 2 rings (SSSR count). The summed E-state index contributed by atoms with van der Waals surface area (Å²) >= 11 is 1.39. The number of nitrogens with one attached hydrogen (secondary N) is 1. The monoisotopic (exact) mass is 245 g/mol. The molecule has 17 heavy (non-hydrogen) atoms. The van der Waals surface area contributed by atoms with Crippen molar-refractivity contribution >= 4 is 17.7 Å². The first kappa shape index (κ1) is 11.6. The molecule has 1 amide bonds. The van der Waals surface area contributed by atoms with E-state index in [0.717, 1.165) is 0 Å². The molecule has 1 N–H and O–H groups in total. The Hall–Kier alpha value is -1.88. The normalized spacial score (nSPS) is 9.88. The standard InChI is InChI=1S/C12H11N3OS/c16-11(10-5-2-1-3-6-10)15-9-17-12-13-7-4-8-14-12/h1-8H,9H2,(H,15,16). The average molecular weight is 245 g/mol. The van der Waals surface area contributed by atoms with E-state index < -0.39 is 0 Å². The van der Waals surface area contributed by atoms with Gasteiger partial charge in [0.1, 0.15) is 0 Å². The molecule has 0 atom stereocenters. The zero-order chi connectivity index (χ0) is 11.9. The van der Waals surface area contributed by atoms with Crippen LogP contribution in [0.1, 0.15) is 10.4 Å². The van der Waals surface area contributed by atoms with Crippen LogP contribution in [-0.2, 0) is 0 Å². The molecule has 0 aliphatic rings. The van der Waals surface area contributed by atoms with Crippen LogP contribution in [-0.4, -0.2) is 21.8 Å². The van der Waals surface area contributed by atoms with E-state index in [1.807, 2.05) is 18.2 Å². The van der Waals surface area contributed by atoms with Crippen LogP contribution in [0.5, 0.6) is 0 Å². The molecule has 0 spiro atoms. The van der Waals surface area contributed by atoms with Gasteiger partial charge in [0.15, 0.2) is 5.16 Å². The lowest BCUT2D eigenvalue weighted by atomic mass is 10.2. The smallest absolute Gasteiger partial charge is 0.251 e. The summed E-state index contributed by atoms with van der Waals surface area (Å²) < 4.78 is 0.